The number of hydrogen-bond acceptors (Lipinski definition) is 3. The maximum Gasteiger partial charge on any atom is 0.127 e. The third-order valence-electron chi connectivity index (χ3n) is 2.39. The first-order valence-corrected chi connectivity index (χ1v) is 6.21. The molecule has 2 rings (SSSR count). The minimum Gasteiger partial charge on any atom is -0.313 e. The molecule has 0 spiro atoms. The molecule has 0 aromatic carbocycles. The SMILES string of the molecule is Cl.O=S(CC1CCCN1)c1ccccn1. The van der Waals surface area contributed by atoms with E-state index in [1.54, 1.807) is 6.20 Å². The Bertz CT molecular complexity index is 314. The van der Waals surface area contributed by atoms with Crippen molar-refractivity contribution in [3.8, 4) is 0 Å². The lowest BCUT2D eigenvalue weighted by Crippen LogP contribution is -2.27. The van der Waals surface area contributed by atoms with Gasteiger partial charge in [0.2, 0.25) is 0 Å². The number of aromatic nitrogens is 1. The highest BCUT2D eigenvalue weighted by Gasteiger charge is 2.17. The average molecular weight is 247 g/mol. The van der Waals surface area contributed by atoms with E-state index >= 15 is 0 Å². The van der Waals surface area contributed by atoms with Gasteiger partial charge in [-0.3, -0.25) is 4.21 Å². The maximum absolute atomic E-state index is 11.8. The van der Waals surface area contributed by atoms with E-state index in [-0.39, 0.29) is 12.4 Å². The van der Waals surface area contributed by atoms with Crippen molar-refractivity contribution < 1.29 is 4.21 Å². The minimum atomic E-state index is -0.947. The summed E-state index contributed by atoms with van der Waals surface area (Å²) in [5.41, 5.74) is 0. The number of pyridine rings is 1. The molecule has 1 aromatic heterocycles. The van der Waals surface area contributed by atoms with Crippen LogP contribution in [0.5, 0.6) is 0 Å². The van der Waals surface area contributed by atoms with E-state index in [9.17, 15) is 4.21 Å². The normalized spacial score (nSPS) is 22.0. The summed E-state index contributed by atoms with van der Waals surface area (Å²) in [6.07, 6.45) is 4.03. The van der Waals surface area contributed by atoms with Crippen LogP contribution >= 0.6 is 12.4 Å². The molecule has 0 amide bonds. The lowest BCUT2D eigenvalue weighted by Gasteiger charge is -2.08. The zero-order valence-electron chi connectivity index (χ0n) is 8.39. The van der Waals surface area contributed by atoms with Crippen LogP contribution in [0.1, 0.15) is 12.8 Å². The second-order valence-corrected chi connectivity index (χ2v) is 4.92. The van der Waals surface area contributed by atoms with E-state index < -0.39 is 10.8 Å². The van der Waals surface area contributed by atoms with Crippen LogP contribution in [0.4, 0.5) is 0 Å². The third-order valence-corrected chi connectivity index (χ3v) is 3.80. The Morgan fingerprint density at radius 3 is 3.00 bits per heavy atom. The molecule has 0 saturated carbocycles. The molecule has 0 bridgehead atoms. The summed E-state index contributed by atoms with van der Waals surface area (Å²) in [6, 6.07) is 5.96. The largest absolute Gasteiger partial charge is 0.313 e. The van der Waals surface area contributed by atoms with Gasteiger partial charge in [0.05, 0.1) is 10.8 Å². The van der Waals surface area contributed by atoms with Gasteiger partial charge < -0.3 is 5.32 Å². The predicted octanol–water partition coefficient (Wildman–Crippen LogP) is 1.36. The van der Waals surface area contributed by atoms with Gasteiger partial charge in [0, 0.05) is 18.0 Å². The quantitative estimate of drug-likeness (QED) is 0.876. The van der Waals surface area contributed by atoms with Gasteiger partial charge in [-0.2, -0.15) is 0 Å². The van der Waals surface area contributed by atoms with Crippen LogP contribution in [-0.2, 0) is 10.8 Å². The van der Waals surface area contributed by atoms with Crippen molar-refractivity contribution in [2.24, 2.45) is 0 Å². The van der Waals surface area contributed by atoms with Crippen LogP contribution in [0.2, 0.25) is 0 Å². The molecule has 2 atom stereocenters. The topological polar surface area (TPSA) is 42.0 Å². The fraction of sp³-hybridized carbons (Fsp3) is 0.500. The predicted molar refractivity (Wildman–Crippen MR) is 63.8 cm³/mol. The molecular weight excluding hydrogens is 232 g/mol. The summed E-state index contributed by atoms with van der Waals surface area (Å²) in [7, 11) is -0.947. The van der Waals surface area contributed by atoms with Crippen LogP contribution in [-0.4, -0.2) is 27.5 Å². The molecule has 15 heavy (non-hydrogen) atoms. The van der Waals surface area contributed by atoms with Gasteiger partial charge in [0.25, 0.3) is 0 Å². The molecule has 0 radical (unpaired) electrons. The highest BCUT2D eigenvalue weighted by Crippen LogP contribution is 2.09. The first kappa shape index (κ1) is 12.6. The Morgan fingerprint density at radius 2 is 2.40 bits per heavy atom. The first-order valence-electron chi connectivity index (χ1n) is 4.89. The molecule has 1 N–H and O–H groups in total. The Hall–Kier alpha value is -0.450. The molecule has 84 valence electrons. The van der Waals surface area contributed by atoms with E-state index in [0.29, 0.717) is 16.8 Å². The third kappa shape index (κ3) is 3.55. The van der Waals surface area contributed by atoms with Gasteiger partial charge in [0.1, 0.15) is 5.03 Å². The van der Waals surface area contributed by atoms with Gasteiger partial charge in [-0.15, -0.1) is 12.4 Å². The fourth-order valence-electron chi connectivity index (χ4n) is 1.65. The molecule has 3 nitrogen and oxygen atoms in total. The molecule has 0 aliphatic carbocycles. The van der Waals surface area contributed by atoms with Crippen LogP contribution in [0.25, 0.3) is 0 Å². The van der Waals surface area contributed by atoms with Crippen molar-refractivity contribution in [1.29, 1.82) is 0 Å². The van der Waals surface area contributed by atoms with Crippen LogP contribution in [0.15, 0.2) is 29.4 Å². The zero-order chi connectivity index (χ0) is 9.80. The second-order valence-electron chi connectivity index (χ2n) is 3.47. The Labute approximate surface area is 98.5 Å². The molecule has 1 saturated heterocycles. The van der Waals surface area contributed by atoms with Crippen LogP contribution in [0.3, 0.4) is 0 Å². The second kappa shape index (κ2) is 6.20. The van der Waals surface area contributed by atoms with Crippen LogP contribution < -0.4 is 5.32 Å². The van der Waals surface area contributed by atoms with Gasteiger partial charge in [-0.1, -0.05) is 6.07 Å². The van der Waals surface area contributed by atoms with Crippen LogP contribution in [0, 0.1) is 0 Å². The zero-order valence-corrected chi connectivity index (χ0v) is 10.0. The van der Waals surface area contributed by atoms with Gasteiger partial charge in [-0.25, -0.2) is 4.98 Å². The van der Waals surface area contributed by atoms with Crippen molar-refractivity contribution >= 4 is 23.2 Å². The highest BCUT2D eigenvalue weighted by molar-refractivity contribution is 7.85. The number of rotatable bonds is 3. The number of nitrogens with zero attached hydrogens (tertiary/aromatic N) is 1. The summed E-state index contributed by atoms with van der Waals surface area (Å²) < 4.78 is 11.8. The Balaban J connectivity index is 0.00000112. The standard InChI is InChI=1S/C10H14N2OS.ClH/c13-14(8-9-4-3-7-11-9)10-5-1-2-6-12-10;/h1-2,5-6,9,11H,3-4,7-8H2;1H. The van der Waals surface area contributed by atoms with Crippen molar-refractivity contribution in [3.63, 3.8) is 0 Å². The summed E-state index contributed by atoms with van der Waals surface area (Å²) >= 11 is 0. The maximum atomic E-state index is 11.8. The summed E-state index contributed by atoms with van der Waals surface area (Å²) in [5, 5.41) is 4.03. The highest BCUT2D eigenvalue weighted by atomic mass is 35.5. The van der Waals surface area contributed by atoms with Gasteiger partial charge in [0.15, 0.2) is 0 Å². The minimum absolute atomic E-state index is 0. The smallest absolute Gasteiger partial charge is 0.127 e. The summed E-state index contributed by atoms with van der Waals surface area (Å²) in [6.45, 7) is 1.06. The van der Waals surface area contributed by atoms with E-state index in [4.69, 9.17) is 0 Å². The first-order chi connectivity index (χ1) is 6.86. The van der Waals surface area contributed by atoms with Gasteiger partial charge in [-0.05, 0) is 31.5 Å². The van der Waals surface area contributed by atoms with E-state index in [1.807, 2.05) is 18.2 Å². The average Bonchev–Trinajstić information content (AvgIpc) is 2.72. The molecule has 2 unspecified atom stereocenters. The molecule has 1 aromatic rings. The van der Waals surface area contributed by atoms with Gasteiger partial charge >= 0.3 is 0 Å². The fourth-order valence-corrected chi connectivity index (χ4v) is 2.88. The van der Waals surface area contributed by atoms with E-state index in [1.165, 1.54) is 6.42 Å². The Morgan fingerprint density at radius 1 is 1.53 bits per heavy atom. The van der Waals surface area contributed by atoms with Crippen molar-refractivity contribution in [3.05, 3.63) is 24.4 Å². The molecule has 1 fully saturated rings. The van der Waals surface area contributed by atoms with Crippen molar-refractivity contribution in [1.82, 2.24) is 10.3 Å². The lowest BCUT2D eigenvalue weighted by atomic mass is 10.3. The number of hydrogen-bond donors (Lipinski definition) is 1. The van der Waals surface area contributed by atoms with Crippen molar-refractivity contribution in [2.75, 3.05) is 12.3 Å². The lowest BCUT2D eigenvalue weighted by molar-refractivity contribution is 0.641. The number of halogens is 1. The molecule has 1 aliphatic rings. The molecular formula is C10H15ClN2OS. The monoisotopic (exact) mass is 246 g/mol. The summed E-state index contributed by atoms with van der Waals surface area (Å²) in [4.78, 5) is 4.09. The van der Waals surface area contributed by atoms with E-state index in [0.717, 1.165) is 13.0 Å². The Kier molecular flexibility index (Phi) is 5.22. The molecule has 2 heterocycles. The summed E-state index contributed by atoms with van der Waals surface area (Å²) in [5.74, 6) is 0.691. The van der Waals surface area contributed by atoms with Crippen molar-refractivity contribution in [2.45, 2.75) is 23.9 Å². The number of nitrogens with one attached hydrogen (secondary N) is 1. The van der Waals surface area contributed by atoms with E-state index in [2.05, 4.69) is 10.3 Å². The molecule has 5 heteroatoms. The molecule has 1 aliphatic heterocycles.